The largest absolute Gasteiger partial charge is 0.355 e. The quantitative estimate of drug-likeness (QED) is 0.706. The van der Waals surface area contributed by atoms with Gasteiger partial charge in [0, 0.05) is 13.5 Å². The lowest BCUT2D eigenvalue weighted by molar-refractivity contribution is -0.129. The summed E-state index contributed by atoms with van der Waals surface area (Å²) in [6, 6.07) is 6.60. The first kappa shape index (κ1) is 18.7. The van der Waals surface area contributed by atoms with Crippen LogP contribution in [0.25, 0.3) is 0 Å². The van der Waals surface area contributed by atoms with Crippen molar-refractivity contribution in [2.75, 3.05) is 6.54 Å². The van der Waals surface area contributed by atoms with E-state index < -0.39 is 12.1 Å². The number of rotatable bonds is 7. The first-order valence-corrected chi connectivity index (χ1v) is 7.74. The summed E-state index contributed by atoms with van der Waals surface area (Å²) < 4.78 is 0. The predicted molar refractivity (Wildman–Crippen MR) is 88.6 cm³/mol. The van der Waals surface area contributed by atoms with Gasteiger partial charge in [-0.05, 0) is 26.3 Å². The Morgan fingerprint density at radius 1 is 1.09 bits per heavy atom. The zero-order valence-corrected chi connectivity index (χ0v) is 14.1. The van der Waals surface area contributed by atoms with Crippen LogP contribution < -0.4 is 16.0 Å². The van der Waals surface area contributed by atoms with Gasteiger partial charge < -0.3 is 16.0 Å². The van der Waals surface area contributed by atoms with Crippen LogP contribution in [0.5, 0.6) is 0 Å². The van der Waals surface area contributed by atoms with E-state index in [1.54, 1.807) is 6.92 Å². The van der Waals surface area contributed by atoms with Crippen LogP contribution in [0.1, 0.15) is 44.4 Å². The molecule has 0 aliphatic carbocycles. The third kappa shape index (κ3) is 6.50. The number of amides is 3. The minimum absolute atomic E-state index is 0.0758. The minimum atomic E-state index is -0.613. The highest BCUT2D eigenvalue weighted by atomic mass is 16.2. The topological polar surface area (TPSA) is 87.3 Å². The molecule has 1 rings (SSSR count). The zero-order valence-electron chi connectivity index (χ0n) is 14.1. The Balaban J connectivity index is 2.73. The first-order chi connectivity index (χ1) is 10.8. The second-order valence-electron chi connectivity index (χ2n) is 5.55. The van der Waals surface area contributed by atoms with Crippen molar-refractivity contribution in [2.45, 2.75) is 46.2 Å². The summed E-state index contributed by atoms with van der Waals surface area (Å²) in [5, 5.41) is 8.07. The smallest absolute Gasteiger partial charge is 0.242 e. The fraction of sp³-hybridized carbons (Fsp3) is 0.471. The maximum absolute atomic E-state index is 12.2. The Kier molecular flexibility index (Phi) is 7.25. The van der Waals surface area contributed by atoms with Gasteiger partial charge in [-0.15, -0.1) is 0 Å². The van der Waals surface area contributed by atoms with Crippen molar-refractivity contribution in [1.82, 2.24) is 16.0 Å². The molecular weight excluding hydrogens is 294 g/mol. The van der Waals surface area contributed by atoms with E-state index in [0.717, 1.165) is 11.1 Å². The molecular formula is C17H25N3O3. The predicted octanol–water partition coefficient (Wildman–Crippen LogP) is 1.20. The van der Waals surface area contributed by atoms with Crippen LogP contribution in [0.3, 0.4) is 0 Å². The van der Waals surface area contributed by atoms with Gasteiger partial charge >= 0.3 is 0 Å². The lowest BCUT2D eigenvalue weighted by Crippen LogP contribution is -2.45. The van der Waals surface area contributed by atoms with Crippen molar-refractivity contribution in [3.05, 3.63) is 35.4 Å². The molecule has 6 heteroatoms. The fourth-order valence-corrected chi connectivity index (χ4v) is 2.18. The monoisotopic (exact) mass is 319 g/mol. The summed E-state index contributed by atoms with van der Waals surface area (Å²) in [6.45, 7) is 7.34. The molecule has 0 bridgehead atoms. The number of hydrogen-bond acceptors (Lipinski definition) is 3. The molecule has 23 heavy (non-hydrogen) atoms. The van der Waals surface area contributed by atoms with Gasteiger partial charge in [-0.3, -0.25) is 14.4 Å². The molecule has 0 radical (unpaired) electrons. The molecule has 0 spiro atoms. The minimum Gasteiger partial charge on any atom is -0.355 e. The maximum atomic E-state index is 12.2. The van der Waals surface area contributed by atoms with Gasteiger partial charge in [-0.25, -0.2) is 0 Å². The molecule has 126 valence electrons. The first-order valence-electron chi connectivity index (χ1n) is 7.74. The molecule has 0 aliphatic rings. The van der Waals surface area contributed by atoms with Crippen LogP contribution in [-0.4, -0.2) is 30.3 Å². The molecule has 1 aromatic rings. The van der Waals surface area contributed by atoms with E-state index in [4.69, 9.17) is 0 Å². The van der Waals surface area contributed by atoms with Gasteiger partial charge in [-0.2, -0.15) is 0 Å². The standard InChI is InChI=1S/C17H25N3O3/c1-5-18-17(23)12(3)19-16(22)10-15(20-13(4)21)14-8-6-11(2)7-9-14/h6-9,12,15H,5,10H2,1-4H3,(H,18,23)(H,19,22)(H,20,21)/t12-,15+/m1/s1. The van der Waals surface area contributed by atoms with E-state index >= 15 is 0 Å². The Bertz CT molecular complexity index is 555. The van der Waals surface area contributed by atoms with Gasteiger partial charge in [0.15, 0.2) is 0 Å². The number of carbonyl (C=O) groups is 3. The molecule has 0 heterocycles. The van der Waals surface area contributed by atoms with Crippen LogP contribution in [0, 0.1) is 6.92 Å². The molecule has 0 aromatic heterocycles. The van der Waals surface area contributed by atoms with Crippen molar-refractivity contribution in [3.63, 3.8) is 0 Å². The number of hydrogen-bond donors (Lipinski definition) is 3. The zero-order chi connectivity index (χ0) is 17.4. The third-order valence-corrected chi connectivity index (χ3v) is 3.37. The second-order valence-corrected chi connectivity index (χ2v) is 5.55. The Labute approximate surface area is 137 Å². The van der Waals surface area contributed by atoms with Gasteiger partial charge in [0.1, 0.15) is 6.04 Å². The van der Waals surface area contributed by atoms with Crippen molar-refractivity contribution in [3.8, 4) is 0 Å². The molecule has 6 nitrogen and oxygen atoms in total. The summed E-state index contributed by atoms with van der Waals surface area (Å²) in [5.74, 6) is -0.726. The summed E-state index contributed by atoms with van der Waals surface area (Å²) >= 11 is 0. The molecule has 3 amide bonds. The normalized spacial score (nSPS) is 12.9. The molecule has 0 unspecified atom stereocenters. The summed E-state index contributed by atoms with van der Waals surface area (Å²) in [4.78, 5) is 35.2. The van der Waals surface area contributed by atoms with E-state index in [1.807, 2.05) is 38.1 Å². The molecule has 2 atom stereocenters. The van der Waals surface area contributed by atoms with Crippen LogP contribution in [0.15, 0.2) is 24.3 Å². The van der Waals surface area contributed by atoms with Crippen molar-refractivity contribution in [1.29, 1.82) is 0 Å². The third-order valence-electron chi connectivity index (χ3n) is 3.37. The van der Waals surface area contributed by atoms with Crippen molar-refractivity contribution < 1.29 is 14.4 Å². The fourth-order valence-electron chi connectivity index (χ4n) is 2.18. The number of benzene rings is 1. The van der Waals surface area contributed by atoms with E-state index in [9.17, 15) is 14.4 Å². The Hall–Kier alpha value is -2.37. The van der Waals surface area contributed by atoms with E-state index in [-0.39, 0.29) is 24.1 Å². The number of carbonyl (C=O) groups excluding carboxylic acids is 3. The Morgan fingerprint density at radius 2 is 1.70 bits per heavy atom. The number of aryl methyl sites for hydroxylation is 1. The highest BCUT2D eigenvalue weighted by Gasteiger charge is 2.20. The number of likely N-dealkylation sites (N-methyl/N-ethyl adjacent to an activating group) is 1. The highest BCUT2D eigenvalue weighted by Crippen LogP contribution is 2.17. The van der Waals surface area contributed by atoms with E-state index in [1.165, 1.54) is 6.92 Å². The number of nitrogens with one attached hydrogen (secondary N) is 3. The van der Waals surface area contributed by atoms with Crippen LogP contribution in [0.2, 0.25) is 0 Å². The summed E-state index contributed by atoms with van der Waals surface area (Å²) in [7, 11) is 0. The SMILES string of the molecule is CCNC(=O)[C@@H](C)NC(=O)C[C@H](NC(C)=O)c1ccc(C)cc1. The lowest BCUT2D eigenvalue weighted by Gasteiger charge is -2.20. The van der Waals surface area contributed by atoms with Gasteiger partial charge in [0.05, 0.1) is 12.5 Å². The molecule has 3 N–H and O–H groups in total. The lowest BCUT2D eigenvalue weighted by atomic mass is 10.0. The second kappa shape index (κ2) is 8.92. The molecule has 0 aliphatic heterocycles. The molecule has 1 aromatic carbocycles. The van der Waals surface area contributed by atoms with Crippen LogP contribution in [0.4, 0.5) is 0 Å². The van der Waals surface area contributed by atoms with Crippen molar-refractivity contribution in [2.24, 2.45) is 0 Å². The van der Waals surface area contributed by atoms with Crippen molar-refractivity contribution >= 4 is 17.7 Å². The van der Waals surface area contributed by atoms with Crippen LogP contribution in [-0.2, 0) is 14.4 Å². The van der Waals surface area contributed by atoms with Gasteiger partial charge in [-0.1, -0.05) is 29.8 Å². The highest BCUT2D eigenvalue weighted by molar-refractivity contribution is 5.87. The maximum Gasteiger partial charge on any atom is 0.242 e. The molecule has 0 fully saturated rings. The average Bonchev–Trinajstić information content (AvgIpc) is 2.47. The molecule has 0 saturated carbocycles. The van der Waals surface area contributed by atoms with Gasteiger partial charge in [0.25, 0.3) is 0 Å². The summed E-state index contributed by atoms with van der Waals surface area (Å²) in [6.07, 6.45) is 0.0758. The molecule has 0 saturated heterocycles. The van der Waals surface area contributed by atoms with E-state index in [0.29, 0.717) is 6.54 Å². The van der Waals surface area contributed by atoms with E-state index in [2.05, 4.69) is 16.0 Å². The Morgan fingerprint density at radius 3 is 2.22 bits per heavy atom. The average molecular weight is 319 g/mol. The van der Waals surface area contributed by atoms with Crippen LogP contribution >= 0.6 is 0 Å². The van der Waals surface area contributed by atoms with Gasteiger partial charge in [0.2, 0.25) is 17.7 Å². The summed E-state index contributed by atoms with van der Waals surface area (Å²) in [5.41, 5.74) is 1.95.